The first-order chi connectivity index (χ1) is 19.4. The van der Waals surface area contributed by atoms with Crippen molar-refractivity contribution in [1.29, 1.82) is 0 Å². The summed E-state index contributed by atoms with van der Waals surface area (Å²) in [5.74, 6) is 2.79. The van der Waals surface area contributed by atoms with E-state index in [-0.39, 0.29) is 12.2 Å². The number of rotatable bonds is 5. The van der Waals surface area contributed by atoms with Gasteiger partial charge in [-0.05, 0) is 60.4 Å². The van der Waals surface area contributed by atoms with Gasteiger partial charge >= 0.3 is 0 Å². The fourth-order valence-electron chi connectivity index (χ4n) is 5.59. The van der Waals surface area contributed by atoms with Gasteiger partial charge in [-0.25, -0.2) is 0 Å². The molecule has 7 heteroatoms. The van der Waals surface area contributed by atoms with Gasteiger partial charge in [0.05, 0.1) is 46.9 Å². The maximum absolute atomic E-state index is 13.0. The minimum absolute atomic E-state index is 0.0461. The maximum Gasteiger partial charge on any atom is 0.198 e. The van der Waals surface area contributed by atoms with Crippen LogP contribution in [0.15, 0.2) is 77.0 Å². The number of fused-ring (bicyclic) bond motifs is 3. The van der Waals surface area contributed by atoms with Gasteiger partial charge in [-0.15, -0.1) is 0 Å². The fraction of sp³-hybridized carbons (Fsp3) is 0.273. The van der Waals surface area contributed by atoms with E-state index in [1.807, 2.05) is 48.5 Å². The first-order valence-corrected chi connectivity index (χ1v) is 13.0. The molecule has 0 unspecified atom stereocenters. The number of ketones is 1. The average molecular weight is 540 g/mol. The van der Waals surface area contributed by atoms with Crippen molar-refractivity contribution < 1.29 is 28.5 Å². The van der Waals surface area contributed by atoms with E-state index in [1.165, 1.54) is 12.7 Å². The van der Waals surface area contributed by atoms with Gasteiger partial charge in [0.15, 0.2) is 34.5 Å². The molecule has 0 saturated heterocycles. The molecule has 0 fully saturated rings. The predicted octanol–water partition coefficient (Wildman–Crippen LogP) is 6.28. The zero-order valence-electron chi connectivity index (χ0n) is 23.7. The number of benzene rings is 3. The lowest BCUT2D eigenvalue weighted by Crippen LogP contribution is -2.44. The largest absolute Gasteiger partial charge is 0.493 e. The second kappa shape index (κ2) is 10.9. The average Bonchev–Trinajstić information content (AvgIpc) is 2.97. The quantitative estimate of drug-likeness (QED) is 0.380. The maximum atomic E-state index is 13.0. The van der Waals surface area contributed by atoms with E-state index in [0.717, 1.165) is 33.7 Å². The van der Waals surface area contributed by atoms with Crippen LogP contribution in [0.2, 0.25) is 0 Å². The third kappa shape index (κ3) is 4.62. The molecule has 3 aliphatic rings. The van der Waals surface area contributed by atoms with Crippen LogP contribution in [0.25, 0.3) is 6.08 Å². The van der Waals surface area contributed by atoms with Gasteiger partial charge in [0.2, 0.25) is 0 Å². The Kier molecular flexibility index (Phi) is 7.39. The summed E-state index contributed by atoms with van der Waals surface area (Å²) < 4.78 is 27.5. The van der Waals surface area contributed by atoms with Gasteiger partial charge in [-0.2, -0.15) is 0 Å². The lowest BCUT2D eigenvalue weighted by molar-refractivity contribution is -0.120. The third-order valence-electron chi connectivity index (χ3n) is 7.62. The molecule has 0 bridgehead atoms. The van der Waals surface area contributed by atoms with Crippen molar-refractivity contribution in [2.45, 2.75) is 19.8 Å². The van der Waals surface area contributed by atoms with Crippen molar-refractivity contribution in [3.8, 4) is 23.0 Å². The molecule has 40 heavy (non-hydrogen) atoms. The Balaban J connectivity index is 0.000000403. The molecule has 0 saturated carbocycles. The molecule has 2 aliphatic carbocycles. The molecule has 0 amide bonds. The van der Waals surface area contributed by atoms with Crippen molar-refractivity contribution >= 4 is 23.3 Å². The van der Waals surface area contributed by atoms with Crippen molar-refractivity contribution in [3.05, 3.63) is 94.3 Å². The van der Waals surface area contributed by atoms with Gasteiger partial charge in [0.1, 0.15) is 0 Å². The first-order valence-electron chi connectivity index (χ1n) is 13.0. The SMILES string of the molecule is COC1=CC2=Cc3cc(OC)c(OC)cc3C3=Nc4cc(OC)c(OC)cc4C[C@]23CC1=O.Cc1ccccc1. The van der Waals surface area contributed by atoms with E-state index in [2.05, 4.69) is 25.1 Å². The minimum atomic E-state index is -0.613. The van der Waals surface area contributed by atoms with Crippen LogP contribution in [-0.2, 0) is 16.0 Å². The first kappa shape index (κ1) is 27.1. The molecule has 1 heterocycles. The fourth-order valence-corrected chi connectivity index (χ4v) is 5.59. The normalized spacial score (nSPS) is 18.1. The van der Waals surface area contributed by atoms with Crippen molar-refractivity contribution in [1.82, 2.24) is 0 Å². The van der Waals surface area contributed by atoms with Gasteiger partial charge in [0, 0.05) is 23.5 Å². The number of aliphatic imine (C=N–C) groups is 1. The van der Waals surface area contributed by atoms with Crippen LogP contribution in [-0.4, -0.2) is 47.0 Å². The van der Waals surface area contributed by atoms with E-state index in [4.69, 9.17) is 28.7 Å². The number of aryl methyl sites for hydroxylation is 1. The van der Waals surface area contributed by atoms with Gasteiger partial charge in [-0.1, -0.05) is 35.9 Å². The molecule has 0 aromatic heterocycles. The molecule has 7 nitrogen and oxygen atoms in total. The lowest BCUT2D eigenvalue weighted by atomic mass is 9.60. The monoisotopic (exact) mass is 539 g/mol. The Morgan fingerprint density at radius 2 is 1.35 bits per heavy atom. The summed E-state index contributed by atoms with van der Waals surface area (Å²) in [4.78, 5) is 18.1. The van der Waals surface area contributed by atoms with Crippen molar-refractivity contribution in [3.63, 3.8) is 0 Å². The summed E-state index contributed by atoms with van der Waals surface area (Å²) in [6, 6.07) is 18.0. The number of carbonyl (C=O) groups excluding carboxylic acids is 1. The van der Waals surface area contributed by atoms with Crippen LogP contribution in [0.5, 0.6) is 23.0 Å². The molecule has 1 aliphatic heterocycles. The lowest BCUT2D eigenvalue weighted by Gasteiger charge is -2.44. The van der Waals surface area contributed by atoms with Gasteiger partial charge in [-0.3, -0.25) is 9.79 Å². The van der Waals surface area contributed by atoms with Gasteiger partial charge < -0.3 is 23.7 Å². The second-order valence-corrected chi connectivity index (χ2v) is 9.92. The van der Waals surface area contributed by atoms with E-state index in [9.17, 15) is 4.79 Å². The van der Waals surface area contributed by atoms with E-state index < -0.39 is 5.41 Å². The van der Waals surface area contributed by atoms with E-state index in [1.54, 1.807) is 28.4 Å². The Bertz CT molecular complexity index is 1550. The molecule has 6 rings (SSSR count). The standard InChI is InChI=1S/C26H25NO6.C7H8/c1-29-20-9-16-6-14-7-21(30-2)23(32-4)10-17(14)25-26(16,13-19(20)28)12-15-8-22(31-3)24(33-5)11-18(15)27-25;1-7-5-3-2-4-6-7/h6-11H,12-13H2,1-5H3;2-6H,1H3/t26-;/m0./s1. The van der Waals surface area contributed by atoms with Crippen molar-refractivity contribution in [2.75, 3.05) is 35.5 Å². The molecule has 1 spiro atoms. The smallest absolute Gasteiger partial charge is 0.198 e. The number of hydrogen-bond donors (Lipinski definition) is 0. The molecule has 1 atom stereocenters. The highest BCUT2D eigenvalue weighted by molar-refractivity contribution is 6.18. The highest BCUT2D eigenvalue weighted by Crippen LogP contribution is 2.54. The molecule has 0 N–H and O–H groups in total. The summed E-state index contributed by atoms with van der Waals surface area (Å²) >= 11 is 0. The number of allylic oxidation sites excluding steroid dienone is 3. The minimum Gasteiger partial charge on any atom is -0.493 e. The Morgan fingerprint density at radius 3 is 1.95 bits per heavy atom. The number of hydrogen-bond acceptors (Lipinski definition) is 7. The number of methoxy groups -OCH3 is 5. The van der Waals surface area contributed by atoms with Crippen LogP contribution < -0.4 is 18.9 Å². The zero-order valence-corrected chi connectivity index (χ0v) is 23.7. The summed E-state index contributed by atoms with van der Waals surface area (Å²) in [5, 5.41) is 0. The van der Waals surface area contributed by atoms with Crippen LogP contribution in [0.4, 0.5) is 5.69 Å². The number of carbonyl (C=O) groups is 1. The Hall–Kier alpha value is -4.52. The number of nitrogens with zero attached hydrogens (tertiary/aromatic N) is 1. The Labute approximate surface area is 234 Å². The summed E-state index contributed by atoms with van der Waals surface area (Å²) in [7, 11) is 7.96. The van der Waals surface area contributed by atoms with Crippen molar-refractivity contribution in [2.24, 2.45) is 10.4 Å². The van der Waals surface area contributed by atoms with Crippen LogP contribution in [0.3, 0.4) is 0 Å². The predicted molar refractivity (Wildman–Crippen MR) is 155 cm³/mol. The molecule has 206 valence electrons. The summed E-state index contributed by atoms with van der Waals surface area (Å²) in [6.07, 6.45) is 4.79. The Morgan fingerprint density at radius 1 is 0.725 bits per heavy atom. The number of ether oxygens (including phenoxy) is 5. The molecule has 3 aromatic rings. The molecule has 3 aromatic carbocycles. The zero-order chi connectivity index (χ0) is 28.4. The van der Waals surface area contributed by atoms with Crippen LogP contribution in [0, 0.1) is 12.3 Å². The summed E-state index contributed by atoms with van der Waals surface area (Å²) in [5.41, 5.74) is 6.17. The summed E-state index contributed by atoms with van der Waals surface area (Å²) in [6.45, 7) is 2.08. The highest BCUT2D eigenvalue weighted by atomic mass is 16.5. The highest BCUT2D eigenvalue weighted by Gasteiger charge is 2.50. The van der Waals surface area contributed by atoms with E-state index >= 15 is 0 Å². The third-order valence-corrected chi connectivity index (χ3v) is 7.62. The molecular weight excluding hydrogens is 506 g/mol. The number of Topliss-reactive ketones (excluding diaryl/α,β-unsaturated/α-hetero) is 1. The molecule has 0 radical (unpaired) electrons. The second-order valence-electron chi connectivity index (χ2n) is 9.92. The van der Waals surface area contributed by atoms with Gasteiger partial charge in [0.25, 0.3) is 0 Å². The van der Waals surface area contributed by atoms with Crippen LogP contribution in [0.1, 0.15) is 28.7 Å². The molecular formula is C33H33NO6. The van der Waals surface area contributed by atoms with Crippen LogP contribution >= 0.6 is 0 Å². The topological polar surface area (TPSA) is 75.6 Å². The van der Waals surface area contributed by atoms with E-state index in [0.29, 0.717) is 35.2 Å².